The van der Waals surface area contributed by atoms with Gasteiger partial charge in [-0.2, -0.15) is 0 Å². The van der Waals surface area contributed by atoms with Crippen LogP contribution >= 0.6 is 11.6 Å². The third kappa shape index (κ3) is 3.78. The van der Waals surface area contributed by atoms with Crippen LogP contribution in [0.2, 0.25) is 5.02 Å². The number of nitrogens with one attached hydrogen (secondary N) is 1. The second-order valence-electron chi connectivity index (χ2n) is 5.66. The Morgan fingerprint density at radius 1 is 1.32 bits per heavy atom. The van der Waals surface area contributed by atoms with E-state index in [1.165, 1.54) is 18.2 Å². The highest BCUT2D eigenvalue weighted by Crippen LogP contribution is 2.23. The van der Waals surface area contributed by atoms with Crippen molar-refractivity contribution in [2.45, 2.75) is 50.1 Å². The Kier molecular flexibility index (Phi) is 5.11. The number of hydrogen-bond acceptors (Lipinski definition) is 4. The summed E-state index contributed by atoms with van der Waals surface area (Å²) in [5.74, 6) is -0.499. The number of carbonyl (C=O) groups excluding carboxylic acids is 1. The van der Waals surface area contributed by atoms with Crippen molar-refractivity contribution < 1.29 is 13.2 Å². The Morgan fingerprint density at radius 3 is 2.45 bits per heavy atom. The number of hydrazine groups is 1. The zero-order valence-corrected chi connectivity index (χ0v) is 14.1. The van der Waals surface area contributed by atoms with Crippen molar-refractivity contribution >= 4 is 27.5 Å². The van der Waals surface area contributed by atoms with Crippen LogP contribution in [0.5, 0.6) is 0 Å². The lowest BCUT2D eigenvalue weighted by Gasteiger charge is -2.38. The summed E-state index contributed by atoms with van der Waals surface area (Å²) in [5.41, 5.74) is 2.80. The van der Waals surface area contributed by atoms with Gasteiger partial charge in [-0.1, -0.05) is 18.0 Å². The van der Waals surface area contributed by atoms with Crippen LogP contribution in [0, 0.1) is 0 Å². The Bertz CT molecular complexity index is 668. The molecular weight excluding hydrogens is 326 g/mol. The summed E-state index contributed by atoms with van der Waals surface area (Å²) >= 11 is 5.80. The van der Waals surface area contributed by atoms with Gasteiger partial charge in [0.2, 0.25) is 10.0 Å². The molecule has 2 atom stereocenters. The summed E-state index contributed by atoms with van der Waals surface area (Å²) in [6.07, 6.45) is 3.07. The maximum Gasteiger partial charge on any atom is 0.266 e. The maximum atomic E-state index is 12.5. The van der Waals surface area contributed by atoms with Gasteiger partial charge in [0, 0.05) is 17.1 Å². The van der Waals surface area contributed by atoms with Crippen LogP contribution in [-0.4, -0.2) is 31.4 Å². The molecule has 1 aliphatic rings. The van der Waals surface area contributed by atoms with E-state index >= 15 is 0 Å². The van der Waals surface area contributed by atoms with Crippen molar-refractivity contribution in [3.05, 3.63) is 28.8 Å². The number of nitrogens with zero attached hydrogens (tertiary/aromatic N) is 1. The van der Waals surface area contributed by atoms with Gasteiger partial charge in [-0.15, -0.1) is 0 Å². The molecule has 8 heteroatoms. The molecule has 0 spiro atoms. The average molecular weight is 346 g/mol. The van der Waals surface area contributed by atoms with Gasteiger partial charge < -0.3 is 0 Å². The molecule has 1 aromatic rings. The van der Waals surface area contributed by atoms with E-state index in [0.29, 0.717) is 0 Å². The molecule has 0 saturated carbocycles. The van der Waals surface area contributed by atoms with E-state index in [1.807, 2.05) is 18.9 Å². The summed E-state index contributed by atoms with van der Waals surface area (Å²) in [5, 5.41) is 7.25. The molecule has 1 amide bonds. The first-order chi connectivity index (χ1) is 10.2. The molecular formula is C14H20ClN3O3S. The molecule has 22 heavy (non-hydrogen) atoms. The van der Waals surface area contributed by atoms with Crippen LogP contribution in [0.25, 0.3) is 0 Å². The van der Waals surface area contributed by atoms with Crippen LogP contribution in [0.3, 0.4) is 0 Å². The number of primary sulfonamides is 1. The number of sulfonamides is 1. The van der Waals surface area contributed by atoms with Gasteiger partial charge in [0.1, 0.15) is 0 Å². The number of rotatable bonds is 3. The number of benzene rings is 1. The normalized spacial score (nSPS) is 23.3. The van der Waals surface area contributed by atoms with Crippen molar-refractivity contribution in [2.24, 2.45) is 5.14 Å². The highest BCUT2D eigenvalue weighted by atomic mass is 35.5. The van der Waals surface area contributed by atoms with Gasteiger partial charge in [-0.25, -0.2) is 18.6 Å². The van der Waals surface area contributed by atoms with E-state index in [2.05, 4.69) is 5.43 Å². The SMILES string of the molecule is CC1CCCC(C)N1NC(=O)c1ccc(Cl)cc1S(N)(=O)=O. The highest BCUT2D eigenvalue weighted by Gasteiger charge is 2.28. The number of piperidine rings is 1. The highest BCUT2D eigenvalue weighted by molar-refractivity contribution is 7.89. The van der Waals surface area contributed by atoms with Gasteiger partial charge in [-0.05, 0) is 44.9 Å². The fourth-order valence-corrected chi connectivity index (χ4v) is 3.73. The third-order valence-electron chi connectivity index (χ3n) is 3.92. The minimum Gasteiger partial charge on any atom is -0.284 e. The van der Waals surface area contributed by atoms with Gasteiger partial charge in [0.25, 0.3) is 5.91 Å². The van der Waals surface area contributed by atoms with Crippen molar-refractivity contribution in [3.63, 3.8) is 0 Å². The van der Waals surface area contributed by atoms with Gasteiger partial charge >= 0.3 is 0 Å². The fraction of sp³-hybridized carbons (Fsp3) is 0.500. The first-order valence-corrected chi connectivity index (χ1v) is 9.04. The fourth-order valence-electron chi connectivity index (χ4n) is 2.74. The summed E-state index contributed by atoms with van der Waals surface area (Å²) in [6.45, 7) is 4.05. The average Bonchev–Trinajstić information content (AvgIpc) is 2.42. The number of amides is 1. The second-order valence-corrected chi connectivity index (χ2v) is 7.63. The summed E-state index contributed by atoms with van der Waals surface area (Å²) in [7, 11) is -4.03. The predicted molar refractivity (Wildman–Crippen MR) is 84.9 cm³/mol. The van der Waals surface area contributed by atoms with E-state index in [0.717, 1.165) is 19.3 Å². The first kappa shape index (κ1) is 17.2. The van der Waals surface area contributed by atoms with Gasteiger partial charge in [-0.3, -0.25) is 10.2 Å². The van der Waals surface area contributed by atoms with Crippen LogP contribution < -0.4 is 10.6 Å². The standard InChI is InChI=1S/C14H20ClN3O3S/c1-9-4-3-5-10(2)18(9)17-14(19)12-7-6-11(15)8-13(12)22(16,20)21/h6-10H,3-5H2,1-2H3,(H,17,19)(H2,16,20,21). The van der Waals surface area contributed by atoms with E-state index in [1.54, 1.807) is 0 Å². The zero-order chi connectivity index (χ0) is 16.5. The van der Waals surface area contributed by atoms with Crippen LogP contribution in [-0.2, 0) is 10.0 Å². The molecule has 1 aliphatic heterocycles. The Morgan fingerprint density at radius 2 is 1.91 bits per heavy atom. The second kappa shape index (κ2) is 6.54. The monoisotopic (exact) mass is 345 g/mol. The molecule has 2 unspecified atom stereocenters. The quantitative estimate of drug-likeness (QED) is 0.875. The summed E-state index contributed by atoms with van der Waals surface area (Å²) in [4.78, 5) is 12.2. The maximum absolute atomic E-state index is 12.5. The van der Waals surface area contributed by atoms with Crippen molar-refractivity contribution in [1.82, 2.24) is 10.4 Å². The Hall–Kier alpha value is -1.15. The van der Waals surface area contributed by atoms with Crippen LogP contribution in [0.4, 0.5) is 0 Å². The lowest BCUT2D eigenvalue weighted by molar-refractivity contribution is 0.0367. The van der Waals surface area contributed by atoms with E-state index < -0.39 is 15.9 Å². The van der Waals surface area contributed by atoms with Gasteiger partial charge in [0.05, 0.1) is 10.5 Å². The number of hydrogen-bond donors (Lipinski definition) is 2. The number of nitrogens with two attached hydrogens (primary N) is 1. The minimum absolute atomic E-state index is 0.00289. The van der Waals surface area contributed by atoms with Crippen LogP contribution in [0.1, 0.15) is 43.5 Å². The molecule has 2 rings (SSSR count). The first-order valence-electron chi connectivity index (χ1n) is 7.12. The van der Waals surface area contributed by atoms with E-state index in [9.17, 15) is 13.2 Å². The molecule has 1 aromatic carbocycles. The molecule has 1 saturated heterocycles. The largest absolute Gasteiger partial charge is 0.284 e. The molecule has 1 heterocycles. The third-order valence-corrected chi connectivity index (χ3v) is 5.10. The summed E-state index contributed by atoms with van der Waals surface area (Å²) in [6, 6.07) is 4.41. The molecule has 3 N–H and O–H groups in total. The lowest BCUT2D eigenvalue weighted by atomic mass is 10.00. The zero-order valence-electron chi connectivity index (χ0n) is 12.5. The topological polar surface area (TPSA) is 92.5 Å². The van der Waals surface area contributed by atoms with Crippen molar-refractivity contribution in [1.29, 1.82) is 0 Å². The van der Waals surface area contributed by atoms with Gasteiger partial charge in [0.15, 0.2) is 0 Å². The molecule has 0 aromatic heterocycles. The number of halogens is 1. The van der Waals surface area contributed by atoms with Crippen molar-refractivity contribution in [3.8, 4) is 0 Å². The Balaban J connectivity index is 2.30. The predicted octanol–water partition coefficient (Wildman–Crippen LogP) is 1.90. The smallest absolute Gasteiger partial charge is 0.266 e. The molecule has 1 fully saturated rings. The van der Waals surface area contributed by atoms with Crippen LogP contribution in [0.15, 0.2) is 23.1 Å². The molecule has 0 bridgehead atoms. The number of carbonyl (C=O) groups is 1. The minimum atomic E-state index is -4.03. The van der Waals surface area contributed by atoms with Crippen molar-refractivity contribution in [2.75, 3.05) is 0 Å². The lowest BCUT2D eigenvalue weighted by Crippen LogP contribution is -2.54. The summed E-state index contributed by atoms with van der Waals surface area (Å²) < 4.78 is 23.3. The molecule has 122 valence electrons. The molecule has 0 aliphatic carbocycles. The molecule has 6 nitrogen and oxygen atoms in total. The van der Waals surface area contributed by atoms with E-state index in [4.69, 9.17) is 16.7 Å². The molecule has 0 radical (unpaired) electrons. The van der Waals surface area contributed by atoms with E-state index in [-0.39, 0.29) is 27.6 Å². The Labute approximate surface area is 135 Å².